The van der Waals surface area contributed by atoms with Crippen molar-refractivity contribution in [1.82, 2.24) is 24.4 Å². The van der Waals surface area contributed by atoms with Gasteiger partial charge in [0.2, 0.25) is 5.95 Å². The second kappa shape index (κ2) is 10.3. The van der Waals surface area contributed by atoms with Gasteiger partial charge in [-0.2, -0.15) is 13.2 Å². The first-order valence-electron chi connectivity index (χ1n) is 11.7. The zero-order valence-corrected chi connectivity index (χ0v) is 21.9. The van der Waals surface area contributed by atoms with E-state index in [1.54, 1.807) is 20.8 Å². The predicted octanol–water partition coefficient (Wildman–Crippen LogP) is 5.59. The van der Waals surface area contributed by atoms with Gasteiger partial charge in [0.25, 0.3) is 0 Å². The molecular weight excluding hydrogens is 529 g/mol. The van der Waals surface area contributed by atoms with E-state index in [0.29, 0.717) is 25.6 Å². The van der Waals surface area contributed by atoms with Gasteiger partial charge in [-0.1, -0.05) is 11.6 Å². The molecule has 4 rings (SSSR count). The molecule has 1 fully saturated rings. The van der Waals surface area contributed by atoms with Crippen molar-refractivity contribution in [3.63, 3.8) is 0 Å². The second-order valence-corrected chi connectivity index (χ2v) is 10.1. The highest BCUT2D eigenvalue weighted by atomic mass is 35.5. The minimum Gasteiger partial charge on any atom is -0.452 e. The van der Waals surface area contributed by atoms with Crippen LogP contribution in [-0.4, -0.2) is 68.4 Å². The number of hydrogen-bond acceptors (Lipinski definition) is 8. The Bertz CT molecular complexity index is 1370. The molecule has 0 aromatic carbocycles. The van der Waals surface area contributed by atoms with Crippen LogP contribution in [0.5, 0.6) is 0 Å². The Kier molecular flexibility index (Phi) is 7.42. The first kappa shape index (κ1) is 27.4. The van der Waals surface area contributed by atoms with Gasteiger partial charge in [-0.15, -0.1) is 0 Å². The summed E-state index contributed by atoms with van der Waals surface area (Å²) in [6.07, 6.45) is -2.96. The zero-order valence-electron chi connectivity index (χ0n) is 21.1. The van der Waals surface area contributed by atoms with E-state index in [1.807, 2.05) is 0 Å². The smallest absolute Gasteiger partial charge is 0.419 e. The zero-order chi connectivity index (χ0) is 27.8. The van der Waals surface area contributed by atoms with E-state index < -0.39 is 35.2 Å². The molecule has 1 aliphatic heterocycles. The van der Waals surface area contributed by atoms with Gasteiger partial charge in [0, 0.05) is 42.5 Å². The SMILES string of the molecule is COC(=O)n1cc(-c2nc(NC3CCCN(C(=O)OC(C)(C)C)C3)ncc2C(F)(F)F)c2ccc(Cl)nc21. The molecule has 0 radical (unpaired) electrons. The number of methoxy groups -OCH3 is 1. The quantitative estimate of drug-likeness (QED) is 0.417. The van der Waals surface area contributed by atoms with Crippen LogP contribution in [0.25, 0.3) is 22.3 Å². The number of piperidine rings is 1. The fourth-order valence-electron chi connectivity index (χ4n) is 4.14. The van der Waals surface area contributed by atoms with E-state index in [4.69, 9.17) is 21.1 Å². The second-order valence-electron chi connectivity index (χ2n) is 9.75. The number of carbonyl (C=O) groups is 2. The number of hydrogen-bond donors (Lipinski definition) is 1. The van der Waals surface area contributed by atoms with Crippen LogP contribution in [0.3, 0.4) is 0 Å². The Labute approximate surface area is 221 Å². The molecule has 1 N–H and O–H groups in total. The number of halogens is 4. The molecule has 14 heteroatoms. The molecule has 204 valence electrons. The molecule has 1 aliphatic rings. The summed E-state index contributed by atoms with van der Waals surface area (Å²) in [6, 6.07) is 2.53. The molecule has 0 spiro atoms. The fourth-order valence-corrected chi connectivity index (χ4v) is 4.28. The van der Waals surface area contributed by atoms with Gasteiger partial charge in [0.05, 0.1) is 12.8 Å². The van der Waals surface area contributed by atoms with E-state index >= 15 is 0 Å². The number of fused-ring (bicyclic) bond motifs is 1. The average Bonchev–Trinajstić information content (AvgIpc) is 3.20. The Balaban J connectivity index is 1.71. The third-order valence-electron chi connectivity index (χ3n) is 5.74. The van der Waals surface area contributed by atoms with Crippen LogP contribution in [0.2, 0.25) is 5.15 Å². The topological polar surface area (TPSA) is 111 Å². The van der Waals surface area contributed by atoms with Gasteiger partial charge in [-0.05, 0) is 45.7 Å². The number of pyridine rings is 1. The number of nitrogens with zero attached hydrogens (tertiary/aromatic N) is 5. The number of ether oxygens (including phenoxy) is 2. The van der Waals surface area contributed by atoms with E-state index in [-0.39, 0.29) is 40.3 Å². The van der Waals surface area contributed by atoms with Crippen LogP contribution >= 0.6 is 11.6 Å². The Morgan fingerprint density at radius 1 is 1.16 bits per heavy atom. The summed E-state index contributed by atoms with van der Waals surface area (Å²) in [4.78, 5) is 38.5. The highest BCUT2D eigenvalue weighted by molar-refractivity contribution is 6.29. The van der Waals surface area contributed by atoms with Crippen molar-refractivity contribution < 1.29 is 32.2 Å². The average molecular weight is 555 g/mol. The first-order valence-corrected chi connectivity index (χ1v) is 12.1. The third kappa shape index (κ3) is 5.93. The molecule has 1 unspecified atom stereocenters. The summed E-state index contributed by atoms with van der Waals surface area (Å²) >= 11 is 5.97. The van der Waals surface area contributed by atoms with Crippen molar-refractivity contribution in [2.24, 2.45) is 0 Å². The van der Waals surface area contributed by atoms with Crippen LogP contribution in [0, 0.1) is 0 Å². The summed E-state index contributed by atoms with van der Waals surface area (Å²) in [6.45, 7) is 6.06. The maximum Gasteiger partial charge on any atom is 0.419 e. The first-order chi connectivity index (χ1) is 17.8. The van der Waals surface area contributed by atoms with Crippen LogP contribution in [0.15, 0.2) is 24.5 Å². The highest BCUT2D eigenvalue weighted by Gasteiger charge is 2.37. The molecule has 0 aliphatic carbocycles. The van der Waals surface area contributed by atoms with Crippen molar-refractivity contribution >= 4 is 40.8 Å². The molecule has 3 aromatic heterocycles. The number of rotatable bonds is 3. The lowest BCUT2D eigenvalue weighted by Crippen LogP contribution is -2.47. The summed E-state index contributed by atoms with van der Waals surface area (Å²) in [5.41, 5.74) is -2.20. The lowest BCUT2D eigenvalue weighted by Gasteiger charge is -2.34. The van der Waals surface area contributed by atoms with Crippen LogP contribution < -0.4 is 5.32 Å². The maximum absolute atomic E-state index is 14.0. The van der Waals surface area contributed by atoms with Crippen molar-refractivity contribution in [1.29, 1.82) is 0 Å². The summed E-state index contributed by atoms with van der Waals surface area (Å²) in [5, 5.41) is 3.29. The van der Waals surface area contributed by atoms with E-state index in [1.165, 1.54) is 23.2 Å². The normalized spacial score (nSPS) is 16.4. The van der Waals surface area contributed by atoms with E-state index in [9.17, 15) is 22.8 Å². The summed E-state index contributed by atoms with van der Waals surface area (Å²) in [5.74, 6) is -0.0649. The number of anilines is 1. The van der Waals surface area contributed by atoms with Crippen LogP contribution in [-0.2, 0) is 15.7 Å². The van der Waals surface area contributed by atoms with Gasteiger partial charge >= 0.3 is 18.4 Å². The van der Waals surface area contributed by atoms with Gasteiger partial charge in [0.15, 0.2) is 5.65 Å². The number of amides is 1. The lowest BCUT2D eigenvalue weighted by molar-refractivity contribution is -0.137. The van der Waals surface area contributed by atoms with Crippen molar-refractivity contribution in [3.8, 4) is 11.3 Å². The number of nitrogens with one attached hydrogen (secondary N) is 1. The van der Waals surface area contributed by atoms with Gasteiger partial charge in [0.1, 0.15) is 16.3 Å². The lowest BCUT2D eigenvalue weighted by atomic mass is 10.1. The maximum atomic E-state index is 14.0. The van der Waals surface area contributed by atoms with Gasteiger partial charge in [-0.3, -0.25) is 0 Å². The monoisotopic (exact) mass is 554 g/mol. The summed E-state index contributed by atoms with van der Waals surface area (Å²) < 4.78 is 53.1. The Morgan fingerprint density at radius 2 is 1.89 bits per heavy atom. The van der Waals surface area contributed by atoms with Crippen molar-refractivity contribution in [2.75, 3.05) is 25.5 Å². The molecule has 3 aromatic rings. The molecule has 0 bridgehead atoms. The van der Waals surface area contributed by atoms with Crippen molar-refractivity contribution in [3.05, 3.63) is 35.2 Å². The Hall–Kier alpha value is -3.61. The predicted molar refractivity (Wildman–Crippen MR) is 133 cm³/mol. The third-order valence-corrected chi connectivity index (χ3v) is 5.96. The van der Waals surface area contributed by atoms with Crippen molar-refractivity contribution in [2.45, 2.75) is 51.4 Å². The van der Waals surface area contributed by atoms with E-state index in [0.717, 1.165) is 11.7 Å². The largest absolute Gasteiger partial charge is 0.452 e. The van der Waals surface area contributed by atoms with Gasteiger partial charge in [-0.25, -0.2) is 29.1 Å². The van der Waals surface area contributed by atoms with Gasteiger partial charge < -0.3 is 19.7 Å². The molecule has 4 heterocycles. The minimum atomic E-state index is -4.79. The van der Waals surface area contributed by atoms with Crippen LogP contribution in [0.1, 0.15) is 39.2 Å². The molecule has 1 amide bonds. The van der Waals surface area contributed by atoms with Crippen LogP contribution in [0.4, 0.5) is 28.7 Å². The number of aromatic nitrogens is 4. The number of alkyl halides is 3. The standard InChI is InChI=1S/C24H26ClF3N6O4/c1-23(2,3)38-21(35)33-9-5-6-13(11-33)30-20-29-10-16(24(26,27)28)18(32-20)15-12-34(22(36)37-4)19-14(15)7-8-17(25)31-19/h7-8,10,12-13H,5-6,9,11H2,1-4H3,(H,29,30,32). The minimum absolute atomic E-state index is 0.00799. The number of carbonyl (C=O) groups excluding carboxylic acids is 2. The summed E-state index contributed by atoms with van der Waals surface area (Å²) in [7, 11) is 1.14. The fraction of sp³-hybridized carbons (Fsp3) is 0.458. The molecular formula is C24H26ClF3N6O4. The van der Waals surface area contributed by atoms with E-state index in [2.05, 4.69) is 20.3 Å². The molecule has 0 saturated carbocycles. The molecule has 1 atom stereocenters. The molecule has 10 nitrogen and oxygen atoms in total. The number of likely N-dealkylation sites (tertiary alicyclic amines) is 1. The Morgan fingerprint density at radius 3 is 2.55 bits per heavy atom. The molecule has 1 saturated heterocycles. The highest BCUT2D eigenvalue weighted by Crippen LogP contribution is 2.39. The molecule has 38 heavy (non-hydrogen) atoms.